The Balaban J connectivity index is 1.70. The van der Waals surface area contributed by atoms with Gasteiger partial charge in [-0.05, 0) is 29.8 Å². The van der Waals surface area contributed by atoms with Crippen molar-refractivity contribution in [3.8, 4) is 11.5 Å². The number of ether oxygens (including phenoxy) is 1. The maximum atomic E-state index is 11.8. The molecule has 1 aliphatic heterocycles. The fourth-order valence-corrected chi connectivity index (χ4v) is 3.64. The van der Waals surface area contributed by atoms with Gasteiger partial charge in [0.05, 0.1) is 0 Å². The van der Waals surface area contributed by atoms with Gasteiger partial charge in [-0.3, -0.25) is 10.1 Å². The van der Waals surface area contributed by atoms with Gasteiger partial charge < -0.3 is 10.5 Å². The van der Waals surface area contributed by atoms with Crippen LogP contribution in [0.4, 0.5) is 0 Å². The SMILES string of the molecule is NC(=O)C1(Cc2ccc(Oc3ccccc3)cc2)NCCS1. The topological polar surface area (TPSA) is 64.4 Å². The van der Waals surface area contributed by atoms with Gasteiger partial charge in [0.25, 0.3) is 0 Å². The van der Waals surface area contributed by atoms with Crippen molar-refractivity contribution in [2.24, 2.45) is 5.73 Å². The first-order valence-corrected chi connectivity index (χ1v) is 8.17. The minimum atomic E-state index is -0.679. The van der Waals surface area contributed by atoms with Gasteiger partial charge in [-0.15, -0.1) is 11.8 Å². The Bertz CT molecular complexity index is 637. The lowest BCUT2D eigenvalue weighted by atomic mass is 10.0. The Morgan fingerprint density at radius 3 is 2.41 bits per heavy atom. The van der Waals surface area contributed by atoms with Gasteiger partial charge in [-0.2, -0.15) is 0 Å². The molecule has 2 aromatic rings. The zero-order valence-electron chi connectivity index (χ0n) is 12.1. The third-order valence-electron chi connectivity index (χ3n) is 3.61. The van der Waals surface area contributed by atoms with Crippen molar-refractivity contribution in [3.05, 3.63) is 60.2 Å². The molecule has 1 unspecified atom stereocenters. The second-order valence-electron chi connectivity index (χ2n) is 5.20. The molecule has 0 bridgehead atoms. The van der Waals surface area contributed by atoms with E-state index < -0.39 is 4.87 Å². The number of nitrogens with one attached hydrogen (secondary N) is 1. The first-order chi connectivity index (χ1) is 10.7. The number of carbonyl (C=O) groups excluding carboxylic acids is 1. The maximum Gasteiger partial charge on any atom is 0.248 e. The number of rotatable bonds is 5. The van der Waals surface area contributed by atoms with Crippen LogP contribution in [0.15, 0.2) is 54.6 Å². The van der Waals surface area contributed by atoms with Crippen LogP contribution in [0, 0.1) is 0 Å². The molecule has 0 aromatic heterocycles. The predicted octanol–water partition coefficient (Wildman–Crippen LogP) is 2.54. The molecule has 1 aliphatic rings. The second kappa shape index (κ2) is 6.42. The van der Waals surface area contributed by atoms with E-state index in [4.69, 9.17) is 10.5 Å². The van der Waals surface area contributed by atoms with Crippen LogP contribution in [0.1, 0.15) is 5.56 Å². The Morgan fingerprint density at radius 2 is 1.82 bits per heavy atom. The van der Waals surface area contributed by atoms with Crippen LogP contribution in [0.25, 0.3) is 0 Å². The molecule has 0 radical (unpaired) electrons. The molecule has 0 spiro atoms. The van der Waals surface area contributed by atoms with Crippen LogP contribution in [-0.4, -0.2) is 23.1 Å². The number of benzene rings is 2. The first-order valence-electron chi connectivity index (χ1n) is 7.19. The zero-order valence-corrected chi connectivity index (χ0v) is 12.9. The van der Waals surface area contributed by atoms with E-state index in [1.807, 2.05) is 54.6 Å². The summed E-state index contributed by atoms with van der Waals surface area (Å²) >= 11 is 1.58. The minimum Gasteiger partial charge on any atom is -0.457 e. The van der Waals surface area contributed by atoms with E-state index in [9.17, 15) is 4.79 Å². The molecule has 0 aliphatic carbocycles. The van der Waals surface area contributed by atoms with Crippen molar-refractivity contribution in [3.63, 3.8) is 0 Å². The Hall–Kier alpha value is -1.98. The van der Waals surface area contributed by atoms with Gasteiger partial charge in [0.1, 0.15) is 16.4 Å². The van der Waals surface area contributed by atoms with Crippen molar-refractivity contribution >= 4 is 17.7 Å². The van der Waals surface area contributed by atoms with Crippen molar-refractivity contribution in [2.45, 2.75) is 11.3 Å². The van der Waals surface area contributed by atoms with Gasteiger partial charge in [-0.25, -0.2) is 0 Å². The number of thioether (sulfide) groups is 1. The molecule has 3 N–H and O–H groups in total. The van der Waals surface area contributed by atoms with Gasteiger partial charge in [0.2, 0.25) is 5.91 Å². The number of hydrogen-bond acceptors (Lipinski definition) is 4. The fourth-order valence-electron chi connectivity index (χ4n) is 2.48. The van der Waals surface area contributed by atoms with E-state index in [1.54, 1.807) is 11.8 Å². The summed E-state index contributed by atoms with van der Waals surface area (Å²) in [5.74, 6) is 2.17. The molecule has 1 fully saturated rings. The molecule has 1 heterocycles. The summed E-state index contributed by atoms with van der Waals surface area (Å²) in [6.45, 7) is 0.808. The fraction of sp³-hybridized carbons (Fsp3) is 0.235. The van der Waals surface area contributed by atoms with Gasteiger partial charge in [0, 0.05) is 18.7 Å². The molecule has 5 heteroatoms. The van der Waals surface area contributed by atoms with E-state index >= 15 is 0 Å². The van der Waals surface area contributed by atoms with E-state index in [1.165, 1.54) is 0 Å². The van der Waals surface area contributed by atoms with Gasteiger partial charge in [0.15, 0.2) is 0 Å². The molecular formula is C17H18N2O2S. The van der Waals surface area contributed by atoms with E-state index in [-0.39, 0.29) is 5.91 Å². The van der Waals surface area contributed by atoms with Crippen molar-refractivity contribution < 1.29 is 9.53 Å². The highest BCUT2D eigenvalue weighted by Gasteiger charge is 2.40. The molecule has 114 valence electrons. The molecule has 0 saturated carbocycles. The number of nitrogens with two attached hydrogens (primary N) is 1. The molecule has 1 saturated heterocycles. The lowest BCUT2D eigenvalue weighted by molar-refractivity contribution is -0.120. The number of amides is 1. The predicted molar refractivity (Wildman–Crippen MR) is 89.0 cm³/mol. The lowest BCUT2D eigenvalue weighted by Gasteiger charge is -2.24. The third kappa shape index (κ3) is 3.26. The zero-order chi connectivity index (χ0) is 15.4. The highest BCUT2D eigenvalue weighted by Crippen LogP contribution is 2.31. The average Bonchev–Trinajstić information content (AvgIpc) is 3.00. The van der Waals surface area contributed by atoms with Crippen molar-refractivity contribution in [1.29, 1.82) is 0 Å². The number of hydrogen-bond donors (Lipinski definition) is 2. The third-order valence-corrected chi connectivity index (χ3v) is 5.01. The lowest BCUT2D eigenvalue weighted by Crippen LogP contribution is -2.51. The standard InChI is InChI=1S/C17H18N2O2S/c18-16(20)17(19-10-11-22-17)12-13-6-8-15(9-7-13)21-14-4-2-1-3-5-14/h1-9,19H,10-12H2,(H2,18,20). The Labute approximate surface area is 134 Å². The highest BCUT2D eigenvalue weighted by atomic mass is 32.2. The van der Waals surface area contributed by atoms with Gasteiger partial charge >= 0.3 is 0 Å². The molecule has 3 rings (SSSR count). The van der Waals surface area contributed by atoms with Crippen LogP contribution in [0.2, 0.25) is 0 Å². The monoisotopic (exact) mass is 314 g/mol. The molecular weight excluding hydrogens is 296 g/mol. The Kier molecular flexibility index (Phi) is 4.36. The summed E-state index contributed by atoms with van der Waals surface area (Å²) in [5.41, 5.74) is 6.62. The Morgan fingerprint density at radius 1 is 1.14 bits per heavy atom. The summed E-state index contributed by atoms with van der Waals surface area (Å²) in [5, 5.41) is 3.23. The van der Waals surface area contributed by atoms with E-state index in [2.05, 4.69) is 5.32 Å². The average molecular weight is 314 g/mol. The largest absolute Gasteiger partial charge is 0.457 e. The summed E-state index contributed by atoms with van der Waals surface area (Å²) in [6.07, 6.45) is 0.582. The maximum absolute atomic E-state index is 11.8. The first kappa shape index (κ1) is 14.9. The van der Waals surface area contributed by atoms with Crippen molar-refractivity contribution in [2.75, 3.05) is 12.3 Å². The van der Waals surface area contributed by atoms with E-state index in [0.717, 1.165) is 29.4 Å². The van der Waals surface area contributed by atoms with Crippen LogP contribution in [-0.2, 0) is 11.2 Å². The molecule has 4 nitrogen and oxygen atoms in total. The summed E-state index contributed by atoms with van der Waals surface area (Å²) in [7, 11) is 0. The van der Waals surface area contributed by atoms with Gasteiger partial charge in [-0.1, -0.05) is 30.3 Å². The number of para-hydroxylation sites is 1. The number of carbonyl (C=O) groups is 1. The quantitative estimate of drug-likeness (QED) is 0.890. The molecule has 22 heavy (non-hydrogen) atoms. The molecule has 2 aromatic carbocycles. The van der Waals surface area contributed by atoms with Crippen LogP contribution >= 0.6 is 11.8 Å². The summed E-state index contributed by atoms with van der Waals surface area (Å²) in [6, 6.07) is 17.4. The number of primary amides is 1. The highest BCUT2D eigenvalue weighted by molar-refractivity contribution is 8.01. The minimum absolute atomic E-state index is 0.306. The molecule has 1 amide bonds. The summed E-state index contributed by atoms with van der Waals surface area (Å²) < 4.78 is 5.76. The van der Waals surface area contributed by atoms with E-state index in [0.29, 0.717) is 6.42 Å². The second-order valence-corrected chi connectivity index (χ2v) is 6.60. The van der Waals surface area contributed by atoms with Crippen LogP contribution in [0.3, 0.4) is 0 Å². The molecule has 1 atom stereocenters. The summed E-state index contributed by atoms with van der Waals surface area (Å²) in [4.78, 5) is 11.1. The van der Waals surface area contributed by atoms with Crippen LogP contribution < -0.4 is 15.8 Å². The van der Waals surface area contributed by atoms with Crippen molar-refractivity contribution in [1.82, 2.24) is 5.32 Å². The van der Waals surface area contributed by atoms with Crippen LogP contribution in [0.5, 0.6) is 11.5 Å². The smallest absolute Gasteiger partial charge is 0.248 e. The normalized spacial score (nSPS) is 20.7.